The smallest absolute Gasteiger partial charge is 0.338 e. The first-order valence-corrected chi connectivity index (χ1v) is 7.26. The van der Waals surface area contributed by atoms with E-state index in [1.165, 1.54) is 6.07 Å². The molecule has 0 bridgehead atoms. The van der Waals surface area contributed by atoms with Gasteiger partial charge in [-0.15, -0.1) is 0 Å². The Morgan fingerprint density at radius 1 is 1.36 bits per heavy atom. The summed E-state index contributed by atoms with van der Waals surface area (Å²) in [6, 6.07) is 2.66. The Labute approximate surface area is 129 Å². The van der Waals surface area contributed by atoms with Crippen LogP contribution >= 0.6 is 11.8 Å². The number of nitrogens with one attached hydrogen (secondary N) is 1. The van der Waals surface area contributed by atoms with Crippen molar-refractivity contribution in [1.82, 2.24) is 5.32 Å². The lowest BCUT2D eigenvalue weighted by molar-refractivity contribution is -0.384. The maximum Gasteiger partial charge on any atom is 0.338 e. The molecule has 0 spiro atoms. The number of non-ortho nitro benzene ring substituents is 1. The zero-order valence-electron chi connectivity index (χ0n) is 11.5. The van der Waals surface area contributed by atoms with Crippen molar-refractivity contribution >= 4 is 34.4 Å². The largest absolute Gasteiger partial charge is 0.465 e. The molecule has 1 fully saturated rings. The Hall–Kier alpha value is -2.42. The average molecular weight is 324 g/mol. The van der Waals surface area contributed by atoms with Crippen LogP contribution in [0.2, 0.25) is 0 Å². The first-order chi connectivity index (χ1) is 10.4. The highest BCUT2D eigenvalue weighted by Crippen LogP contribution is 2.21. The van der Waals surface area contributed by atoms with Gasteiger partial charge < -0.3 is 10.1 Å². The zero-order valence-corrected chi connectivity index (χ0v) is 12.3. The molecular formula is C13H12N2O6S. The van der Waals surface area contributed by atoms with Crippen LogP contribution < -0.4 is 5.32 Å². The quantitative estimate of drug-likeness (QED) is 0.501. The van der Waals surface area contributed by atoms with Gasteiger partial charge in [0.05, 0.1) is 23.6 Å². The summed E-state index contributed by atoms with van der Waals surface area (Å²) in [6.45, 7) is 0. The number of carbonyl (C=O) groups is 3. The lowest BCUT2D eigenvalue weighted by atomic mass is 10.1. The highest BCUT2D eigenvalue weighted by Gasteiger charge is 2.28. The minimum atomic E-state index is -0.787. The average Bonchev–Trinajstić information content (AvgIpc) is 2.91. The fourth-order valence-corrected chi connectivity index (χ4v) is 2.88. The number of amides is 1. The molecule has 0 saturated carbocycles. The molecule has 1 N–H and O–H groups in total. The summed E-state index contributed by atoms with van der Waals surface area (Å²) in [5.74, 6) is -0.813. The molecule has 1 amide bonds. The summed E-state index contributed by atoms with van der Waals surface area (Å²) in [7, 11) is 1.13. The Bertz CT molecular complexity index is 660. The molecule has 22 heavy (non-hydrogen) atoms. The number of nitro benzene ring substituents is 1. The van der Waals surface area contributed by atoms with Gasteiger partial charge in [0.1, 0.15) is 0 Å². The maximum absolute atomic E-state index is 12.1. The summed E-state index contributed by atoms with van der Waals surface area (Å²) >= 11 is 1.13. The number of nitrogens with zero attached hydrogens (tertiary/aromatic N) is 1. The van der Waals surface area contributed by atoms with Crippen molar-refractivity contribution in [2.75, 3.05) is 12.9 Å². The number of hydrogen-bond acceptors (Lipinski definition) is 7. The molecule has 9 heteroatoms. The molecule has 0 radical (unpaired) electrons. The van der Waals surface area contributed by atoms with Gasteiger partial charge in [0.15, 0.2) is 0 Å². The van der Waals surface area contributed by atoms with Gasteiger partial charge in [-0.25, -0.2) is 4.79 Å². The number of rotatable bonds is 4. The summed E-state index contributed by atoms with van der Waals surface area (Å²) in [5, 5.41) is 13.3. The van der Waals surface area contributed by atoms with Crippen LogP contribution in [0.5, 0.6) is 0 Å². The Morgan fingerprint density at radius 3 is 2.59 bits per heavy atom. The fourth-order valence-electron chi connectivity index (χ4n) is 1.95. The molecule has 2 rings (SSSR count). The third kappa shape index (κ3) is 3.42. The molecule has 116 valence electrons. The highest BCUT2D eigenvalue weighted by atomic mass is 32.2. The van der Waals surface area contributed by atoms with Crippen LogP contribution in [0.4, 0.5) is 5.69 Å². The topological polar surface area (TPSA) is 116 Å². The fraction of sp³-hybridized carbons (Fsp3) is 0.308. The minimum Gasteiger partial charge on any atom is -0.465 e. The van der Waals surface area contributed by atoms with E-state index in [-0.39, 0.29) is 16.2 Å². The zero-order chi connectivity index (χ0) is 16.3. The van der Waals surface area contributed by atoms with E-state index >= 15 is 0 Å². The van der Waals surface area contributed by atoms with E-state index in [2.05, 4.69) is 10.1 Å². The second-order valence-corrected chi connectivity index (χ2v) is 5.60. The molecule has 1 heterocycles. The van der Waals surface area contributed by atoms with Gasteiger partial charge in [-0.2, -0.15) is 0 Å². The maximum atomic E-state index is 12.1. The number of nitro groups is 1. The van der Waals surface area contributed by atoms with E-state index in [9.17, 15) is 24.5 Å². The van der Waals surface area contributed by atoms with Crippen molar-refractivity contribution in [1.29, 1.82) is 0 Å². The van der Waals surface area contributed by atoms with E-state index in [0.29, 0.717) is 12.2 Å². The first-order valence-electron chi connectivity index (χ1n) is 6.27. The lowest BCUT2D eigenvalue weighted by Crippen LogP contribution is -2.37. The van der Waals surface area contributed by atoms with Crippen LogP contribution in [0.1, 0.15) is 27.1 Å². The molecule has 1 aliphatic heterocycles. The minimum absolute atomic E-state index is 0.0701. The van der Waals surface area contributed by atoms with Crippen molar-refractivity contribution in [2.45, 2.75) is 12.5 Å². The third-order valence-corrected chi connectivity index (χ3v) is 4.06. The first kappa shape index (κ1) is 16.0. The number of methoxy groups -OCH3 is 1. The molecular weight excluding hydrogens is 312 g/mol. The molecule has 0 aliphatic carbocycles. The summed E-state index contributed by atoms with van der Waals surface area (Å²) in [6.07, 6.45) is 0.508. The van der Waals surface area contributed by atoms with Crippen LogP contribution in [0.25, 0.3) is 0 Å². The standard InChI is InChI=1S/C13H12N2O6S/c1-21-12(17)8-4-7(5-9(6-8)15(19)20)11(16)14-10-2-3-22-13(10)18/h4-6,10H,2-3H2,1H3,(H,14,16)/t10-/m1/s1. The van der Waals surface area contributed by atoms with Gasteiger partial charge in [-0.3, -0.25) is 19.7 Å². The van der Waals surface area contributed by atoms with Crippen molar-refractivity contribution in [3.05, 3.63) is 39.4 Å². The van der Waals surface area contributed by atoms with Gasteiger partial charge in [0.2, 0.25) is 5.12 Å². The van der Waals surface area contributed by atoms with Gasteiger partial charge in [-0.1, -0.05) is 11.8 Å². The Morgan fingerprint density at radius 2 is 2.05 bits per heavy atom. The second kappa shape index (κ2) is 6.56. The number of thioether (sulfide) groups is 1. The number of ether oxygens (including phenoxy) is 1. The third-order valence-electron chi connectivity index (χ3n) is 3.05. The molecule has 0 aromatic heterocycles. The van der Waals surface area contributed by atoms with Crippen molar-refractivity contribution in [3.8, 4) is 0 Å². The van der Waals surface area contributed by atoms with Gasteiger partial charge in [0.25, 0.3) is 11.6 Å². The van der Waals surface area contributed by atoms with E-state index in [4.69, 9.17) is 0 Å². The number of hydrogen-bond donors (Lipinski definition) is 1. The molecule has 1 aromatic rings. The van der Waals surface area contributed by atoms with Gasteiger partial charge in [0, 0.05) is 23.4 Å². The lowest BCUT2D eigenvalue weighted by Gasteiger charge is -2.10. The van der Waals surface area contributed by atoms with E-state index in [1.54, 1.807) is 0 Å². The van der Waals surface area contributed by atoms with E-state index in [0.717, 1.165) is 31.0 Å². The van der Waals surface area contributed by atoms with E-state index < -0.39 is 28.5 Å². The molecule has 1 atom stereocenters. The van der Waals surface area contributed by atoms with Gasteiger partial charge >= 0.3 is 5.97 Å². The van der Waals surface area contributed by atoms with Crippen LogP contribution in [-0.4, -0.2) is 40.8 Å². The molecule has 0 unspecified atom stereocenters. The van der Waals surface area contributed by atoms with Crippen LogP contribution in [-0.2, 0) is 9.53 Å². The van der Waals surface area contributed by atoms with Crippen molar-refractivity contribution < 1.29 is 24.0 Å². The number of esters is 1. The molecule has 1 aliphatic rings. The molecule has 1 saturated heterocycles. The molecule has 8 nitrogen and oxygen atoms in total. The summed E-state index contributed by atoms with van der Waals surface area (Å²) in [5.41, 5.74) is -0.576. The van der Waals surface area contributed by atoms with Crippen LogP contribution in [0.15, 0.2) is 18.2 Å². The van der Waals surface area contributed by atoms with E-state index in [1.807, 2.05) is 0 Å². The van der Waals surface area contributed by atoms with Crippen molar-refractivity contribution in [3.63, 3.8) is 0 Å². The Kier molecular flexibility index (Phi) is 4.76. The van der Waals surface area contributed by atoms with Crippen LogP contribution in [0.3, 0.4) is 0 Å². The van der Waals surface area contributed by atoms with Gasteiger partial charge in [-0.05, 0) is 12.5 Å². The predicted molar refractivity (Wildman–Crippen MR) is 77.8 cm³/mol. The Balaban J connectivity index is 2.30. The number of carbonyl (C=O) groups excluding carboxylic acids is 3. The molecule has 1 aromatic carbocycles. The SMILES string of the molecule is COC(=O)c1cc(C(=O)N[C@@H]2CCSC2=O)cc([N+](=O)[O-])c1. The normalized spacial score (nSPS) is 17.1. The summed E-state index contributed by atoms with van der Waals surface area (Å²) in [4.78, 5) is 45.4. The number of benzene rings is 1. The van der Waals surface area contributed by atoms with Crippen molar-refractivity contribution in [2.24, 2.45) is 0 Å². The monoisotopic (exact) mass is 324 g/mol. The van der Waals surface area contributed by atoms with Crippen LogP contribution in [0, 0.1) is 10.1 Å². The summed E-state index contributed by atoms with van der Waals surface area (Å²) < 4.78 is 4.51. The predicted octanol–water partition coefficient (Wildman–Crippen LogP) is 1.14. The highest BCUT2D eigenvalue weighted by molar-refractivity contribution is 8.14. The second-order valence-electron chi connectivity index (χ2n) is 4.50.